The van der Waals surface area contributed by atoms with Crippen LogP contribution in [0.5, 0.6) is 5.75 Å². The van der Waals surface area contributed by atoms with Crippen LogP contribution in [0.4, 0.5) is 0 Å². The Morgan fingerprint density at radius 1 is 0.800 bits per heavy atom. The number of nitrogens with zero attached hydrogens (tertiary/aromatic N) is 1. The highest BCUT2D eigenvalue weighted by molar-refractivity contribution is 7.87. The number of hydrogen-bond donors (Lipinski definition) is 0. The summed E-state index contributed by atoms with van der Waals surface area (Å²) in [6, 6.07) is 25.6. The predicted octanol–water partition coefficient (Wildman–Crippen LogP) is 4.36. The summed E-state index contributed by atoms with van der Waals surface area (Å²) in [5, 5.41) is 0.836. The monoisotopic (exact) mass is 419 g/mol. The number of benzene rings is 3. The van der Waals surface area contributed by atoms with Gasteiger partial charge in [0.1, 0.15) is 22.9 Å². The smallest absolute Gasteiger partial charge is 0.372 e. The second kappa shape index (κ2) is 8.34. The van der Waals surface area contributed by atoms with Crippen LogP contribution in [0, 0.1) is 0 Å². The molecule has 6 nitrogen and oxygen atoms in total. The van der Waals surface area contributed by atoms with Crippen molar-refractivity contribution in [1.82, 2.24) is 4.98 Å². The van der Waals surface area contributed by atoms with Gasteiger partial charge in [0.25, 0.3) is 0 Å². The zero-order chi connectivity index (χ0) is 21.0. The largest absolute Gasteiger partial charge is 0.489 e. The van der Waals surface area contributed by atoms with Crippen LogP contribution in [0.25, 0.3) is 10.9 Å². The van der Waals surface area contributed by atoms with Gasteiger partial charge < -0.3 is 8.92 Å². The molecule has 0 radical (unpaired) electrons. The highest BCUT2D eigenvalue weighted by Gasteiger charge is 2.22. The average molecular weight is 419 g/mol. The third-order valence-corrected chi connectivity index (χ3v) is 5.57. The van der Waals surface area contributed by atoms with E-state index in [1.807, 2.05) is 42.5 Å². The first-order valence-electron chi connectivity index (χ1n) is 9.13. The van der Waals surface area contributed by atoms with Gasteiger partial charge in [-0.25, -0.2) is 9.78 Å². The zero-order valence-corrected chi connectivity index (χ0v) is 16.6. The molecule has 0 aliphatic rings. The molecule has 150 valence electrons. The Kier molecular flexibility index (Phi) is 5.45. The molecule has 0 bridgehead atoms. The van der Waals surface area contributed by atoms with E-state index in [9.17, 15) is 13.2 Å². The number of carbonyl (C=O) groups excluding carboxylic acids is 1. The van der Waals surface area contributed by atoms with Gasteiger partial charge >= 0.3 is 16.1 Å². The van der Waals surface area contributed by atoms with Crippen molar-refractivity contribution in [3.05, 3.63) is 102 Å². The van der Waals surface area contributed by atoms with E-state index in [1.165, 1.54) is 30.3 Å². The van der Waals surface area contributed by atoms with Gasteiger partial charge in [0.05, 0.1) is 5.52 Å². The molecule has 4 aromatic rings. The van der Waals surface area contributed by atoms with Crippen LogP contribution in [0.1, 0.15) is 16.1 Å². The number of ether oxygens (including phenoxy) is 1. The molecule has 0 aliphatic carbocycles. The number of para-hydroxylation sites is 1. The van der Waals surface area contributed by atoms with Crippen LogP contribution in [-0.4, -0.2) is 19.4 Å². The summed E-state index contributed by atoms with van der Waals surface area (Å²) in [6.07, 6.45) is 0. The van der Waals surface area contributed by atoms with E-state index in [-0.39, 0.29) is 10.6 Å². The van der Waals surface area contributed by atoms with E-state index >= 15 is 0 Å². The Balaban J connectivity index is 1.45. The summed E-state index contributed by atoms with van der Waals surface area (Å²) in [5.41, 5.74) is 1.48. The number of aromatic nitrogens is 1. The molecular formula is C23H17NO5S. The van der Waals surface area contributed by atoms with Crippen molar-refractivity contribution in [3.8, 4) is 5.75 Å². The van der Waals surface area contributed by atoms with E-state index in [4.69, 9.17) is 8.92 Å². The van der Waals surface area contributed by atoms with E-state index in [0.29, 0.717) is 17.9 Å². The minimum atomic E-state index is -4.29. The van der Waals surface area contributed by atoms with Crippen molar-refractivity contribution >= 4 is 27.0 Å². The lowest BCUT2D eigenvalue weighted by Crippen LogP contribution is -2.14. The van der Waals surface area contributed by atoms with Crippen molar-refractivity contribution < 1.29 is 22.1 Å². The van der Waals surface area contributed by atoms with Gasteiger partial charge in [-0.2, -0.15) is 8.42 Å². The Morgan fingerprint density at radius 2 is 1.50 bits per heavy atom. The first-order valence-corrected chi connectivity index (χ1v) is 10.5. The minimum Gasteiger partial charge on any atom is -0.489 e. The lowest BCUT2D eigenvalue weighted by atomic mass is 10.2. The molecule has 30 heavy (non-hydrogen) atoms. The maximum absolute atomic E-state index is 12.5. The van der Waals surface area contributed by atoms with Crippen molar-refractivity contribution in [3.63, 3.8) is 0 Å². The molecule has 0 spiro atoms. The minimum absolute atomic E-state index is 0.0833. The topological polar surface area (TPSA) is 82.6 Å². The summed E-state index contributed by atoms with van der Waals surface area (Å²) >= 11 is 0. The average Bonchev–Trinajstić information content (AvgIpc) is 2.78. The molecule has 0 atom stereocenters. The molecule has 1 heterocycles. The predicted molar refractivity (Wildman–Crippen MR) is 112 cm³/mol. The van der Waals surface area contributed by atoms with Crippen molar-refractivity contribution in [2.75, 3.05) is 0 Å². The first kappa shape index (κ1) is 19.6. The van der Waals surface area contributed by atoms with E-state index in [0.717, 1.165) is 10.9 Å². The molecule has 0 aliphatic heterocycles. The Hall–Kier alpha value is -3.71. The van der Waals surface area contributed by atoms with Gasteiger partial charge in [-0.15, -0.1) is 0 Å². The van der Waals surface area contributed by atoms with Crippen LogP contribution in [0.2, 0.25) is 0 Å². The number of hydrogen-bond acceptors (Lipinski definition) is 6. The van der Waals surface area contributed by atoms with Crippen LogP contribution in [-0.2, 0) is 20.9 Å². The highest BCUT2D eigenvalue weighted by Crippen LogP contribution is 2.20. The number of pyridine rings is 1. The number of fused-ring (bicyclic) bond motifs is 1. The normalized spacial score (nSPS) is 11.2. The maximum atomic E-state index is 12.5. The van der Waals surface area contributed by atoms with Crippen LogP contribution >= 0.6 is 0 Å². The third kappa shape index (κ3) is 4.47. The van der Waals surface area contributed by atoms with Gasteiger partial charge in [0.2, 0.25) is 0 Å². The fourth-order valence-electron chi connectivity index (χ4n) is 2.81. The third-order valence-electron chi connectivity index (χ3n) is 4.35. The molecule has 4 rings (SSSR count). The number of carbonyl (C=O) groups is 1. The Morgan fingerprint density at radius 3 is 2.27 bits per heavy atom. The summed E-state index contributed by atoms with van der Waals surface area (Å²) < 4.78 is 35.3. The Labute approximate surface area is 173 Å². The van der Waals surface area contributed by atoms with Crippen LogP contribution in [0.3, 0.4) is 0 Å². The molecule has 0 fully saturated rings. The van der Waals surface area contributed by atoms with Crippen molar-refractivity contribution in [1.29, 1.82) is 0 Å². The summed E-state index contributed by atoms with van der Waals surface area (Å²) in [6.45, 7) is 0.357. The maximum Gasteiger partial charge on any atom is 0.372 e. The first-order chi connectivity index (χ1) is 14.5. The van der Waals surface area contributed by atoms with Gasteiger partial charge in [0.15, 0.2) is 0 Å². The lowest BCUT2D eigenvalue weighted by Gasteiger charge is -2.08. The molecule has 0 N–H and O–H groups in total. The summed E-state index contributed by atoms with van der Waals surface area (Å²) in [7, 11) is -4.29. The second-order valence-electron chi connectivity index (χ2n) is 6.46. The molecule has 3 aromatic carbocycles. The fraction of sp³-hybridized carbons (Fsp3) is 0.0435. The van der Waals surface area contributed by atoms with Crippen molar-refractivity contribution in [2.45, 2.75) is 11.5 Å². The second-order valence-corrected chi connectivity index (χ2v) is 8.01. The van der Waals surface area contributed by atoms with Crippen LogP contribution in [0.15, 0.2) is 95.9 Å². The van der Waals surface area contributed by atoms with E-state index in [1.54, 1.807) is 18.2 Å². The van der Waals surface area contributed by atoms with E-state index < -0.39 is 16.1 Å². The van der Waals surface area contributed by atoms with Gasteiger partial charge in [-0.05, 0) is 42.0 Å². The van der Waals surface area contributed by atoms with E-state index in [2.05, 4.69) is 4.98 Å². The quantitative estimate of drug-likeness (QED) is 0.432. The summed E-state index contributed by atoms with van der Waals surface area (Å²) in [4.78, 5) is 16.3. The van der Waals surface area contributed by atoms with Gasteiger partial charge in [-0.3, -0.25) is 0 Å². The highest BCUT2D eigenvalue weighted by atomic mass is 32.2. The van der Waals surface area contributed by atoms with Gasteiger partial charge in [-0.1, -0.05) is 54.6 Å². The molecule has 7 heteroatoms. The molecule has 1 aromatic heterocycles. The van der Waals surface area contributed by atoms with Crippen LogP contribution < -0.4 is 4.74 Å². The molecule has 0 saturated heterocycles. The molecule has 0 saturated carbocycles. The fourth-order valence-corrected chi connectivity index (χ4v) is 3.66. The van der Waals surface area contributed by atoms with Gasteiger partial charge in [0, 0.05) is 5.39 Å². The zero-order valence-electron chi connectivity index (χ0n) is 15.8. The molecule has 0 unspecified atom stereocenters. The van der Waals surface area contributed by atoms with Crippen molar-refractivity contribution in [2.24, 2.45) is 0 Å². The SMILES string of the molecule is O=C(OS(=O)(=O)c1ccc(OCc2ccccc2)cc1)c1ccc2ccccc2n1. The molecule has 0 amide bonds. The number of rotatable bonds is 6. The summed E-state index contributed by atoms with van der Waals surface area (Å²) in [5.74, 6) is -0.537. The Bertz CT molecular complexity index is 1290. The standard InChI is InChI=1S/C23H17NO5S/c25-23(22-15-10-18-8-4-5-9-21(18)24-22)29-30(26,27)20-13-11-19(12-14-20)28-16-17-6-2-1-3-7-17/h1-15H,16H2. The molecular weight excluding hydrogens is 402 g/mol. The lowest BCUT2D eigenvalue weighted by molar-refractivity contribution is 0.0741.